The van der Waals surface area contributed by atoms with Gasteiger partial charge in [0.15, 0.2) is 11.5 Å². The zero-order valence-corrected chi connectivity index (χ0v) is 11.0. The minimum Gasteiger partial charge on any atom is -0.493 e. The Labute approximate surface area is 111 Å². The smallest absolute Gasteiger partial charge is 0.330 e. The molecule has 0 radical (unpaired) electrons. The number of hydrogen-bond donors (Lipinski definition) is 2. The first-order chi connectivity index (χ1) is 9.15. The van der Waals surface area contributed by atoms with Gasteiger partial charge >= 0.3 is 5.97 Å². The fourth-order valence-corrected chi connectivity index (χ4v) is 2.17. The number of benzene rings is 1. The lowest BCUT2D eigenvalue weighted by atomic mass is 9.97. The standard InChI is InChI=1S/C14H17NO4/c1-3-19-13-7-10-9(6-12(13)18-2)4-5-15-11(10)8-14(16)17/h6-8,15H,3-5H2,1-2H3,(H,16,17). The Bertz CT molecular complexity index is 522. The second-order valence-corrected chi connectivity index (χ2v) is 4.17. The second-order valence-electron chi connectivity index (χ2n) is 4.17. The summed E-state index contributed by atoms with van der Waals surface area (Å²) in [6, 6.07) is 3.75. The third-order valence-electron chi connectivity index (χ3n) is 2.96. The highest BCUT2D eigenvalue weighted by molar-refractivity contribution is 5.90. The molecule has 102 valence electrons. The zero-order chi connectivity index (χ0) is 13.8. The molecular formula is C14H17NO4. The molecule has 1 heterocycles. The Morgan fingerprint density at radius 2 is 2.26 bits per heavy atom. The largest absolute Gasteiger partial charge is 0.493 e. The van der Waals surface area contributed by atoms with Gasteiger partial charge in [-0.1, -0.05) is 0 Å². The van der Waals surface area contributed by atoms with Crippen molar-refractivity contribution < 1.29 is 19.4 Å². The van der Waals surface area contributed by atoms with E-state index >= 15 is 0 Å². The van der Waals surface area contributed by atoms with Crippen molar-refractivity contribution in [2.75, 3.05) is 20.3 Å². The molecule has 1 aliphatic heterocycles. The van der Waals surface area contributed by atoms with E-state index in [1.165, 1.54) is 6.08 Å². The highest BCUT2D eigenvalue weighted by Crippen LogP contribution is 2.34. The molecule has 0 fully saturated rings. The van der Waals surface area contributed by atoms with Gasteiger partial charge in [0, 0.05) is 23.9 Å². The summed E-state index contributed by atoms with van der Waals surface area (Å²) in [6.45, 7) is 3.13. The molecule has 0 amide bonds. The molecule has 0 saturated heterocycles. The molecule has 1 aliphatic rings. The number of carboxylic acids is 1. The van der Waals surface area contributed by atoms with Gasteiger partial charge in [-0.2, -0.15) is 0 Å². The average Bonchev–Trinajstić information content (AvgIpc) is 2.38. The van der Waals surface area contributed by atoms with E-state index in [0.717, 1.165) is 17.5 Å². The number of aliphatic carboxylic acids is 1. The third-order valence-corrected chi connectivity index (χ3v) is 2.96. The predicted octanol–water partition coefficient (Wildman–Crippen LogP) is 1.67. The molecule has 2 rings (SSSR count). The van der Waals surface area contributed by atoms with E-state index in [2.05, 4.69) is 5.32 Å². The van der Waals surface area contributed by atoms with Crippen molar-refractivity contribution in [1.29, 1.82) is 0 Å². The van der Waals surface area contributed by atoms with Crippen LogP contribution in [-0.2, 0) is 11.2 Å². The van der Waals surface area contributed by atoms with Crippen LogP contribution in [0.4, 0.5) is 0 Å². The summed E-state index contributed by atoms with van der Waals surface area (Å²) >= 11 is 0. The molecular weight excluding hydrogens is 246 g/mol. The lowest BCUT2D eigenvalue weighted by Gasteiger charge is -2.23. The minimum absolute atomic E-state index is 0.528. The Kier molecular flexibility index (Phi) is 3.94. The Hall–Kier alpha value is -2.17. The van der Waals surface area contributed by atoms with E-state index in [4.69, 9.17) is 14.6 Å². The van der Waals surface area contributed by atoms with E-state index in [-0.39, 0.29) is 0 Å². The van der Waals surface area contributed by atoms with Crippen molar-refractivity contribution in [3.05, 3.63) is 29.3 Å². The van der Waals surface area contributed by atoms with E-state index in [1.54, 1.807) is 7.11 Å². The maximum atomic E-state index is 10.8. The molecule has 2 N–H and O–H groups in total. The molecule has 0 aliphatic carbocycles. The SMILES string of the molecule is CCOc1cc2c(cc1OC)CCNC2=CC(=O)O. The highest BCUT2D eigenvalue weighted by Gasteiger charge is 2.18. The van der Waals surface area contributed by atoms with Gasteiger partial charge in [-0.3, -0.25) is 0 Å². The van der Waals surface area contributed by atoms with Crippen LogP contribution in [0.1, 0.15) is 18.1 Å². The summed E-state index contributed by atoms with van der Waals surface area (Å²) in [7, 11) is 1.60. The predicted molar refractivity (Wildman–Crippen MR) is 71.5 cm³/mol. The molecule has 0 atom stereocenters. The highest BCUT2D eigenvalue weighted by atomic mass is 16.5. The van der Waals surface area contributed by atoms with Crippen LogP contribution < -0.4 is 14.8 Å². The Morgan fingerprint density at radius 1 is 1.47 bits per heavy atom. The van der Waals surface area contributed by atoms with Crippen molar-refractivity contribution >= 4 is 11.7 Å². The number of ether oxygens (including phenoxy) is 2. The fourth-order valence-electron chi connectivity index (χ4n) is 2.17. The maximum absolute atomic E-state index is 10.8. The normalized spacial score (nSPS) is 15.6. The second kappa shape index (κ2) is 5.65. The van der Waals surface area contributed by atoms with Gasteiger partial charge in [0.2, 0.25) is 0 Å². The summed E-state index contributed by atoms with van der Waals surface area (Å²) in [6.07, 6.45) is 2.01. The van der Waals surface area contributed by atoms with E-state index < -0.39 is 5.97 Å². The Morgan fingerprint density at radius 3 is 2.89 bits per heavy atom. The van der Waals surface area contributed by atoms with Gasteiger partial charge in [0.1, 0.15) is 0 Å². The minimum atomic E-state index is -0.968. The molecule has 0 spiro atoms. The van der Waals surface area contributed by atoms with E-state index in [0.29, 0.717) is 30.3 Å². The Balaban J connectivity index is 2.50. The molecule has 5 heteroatoms. The van der Waals surface area contributed by atoms with Gasteiger partial charge < -0.3 is 19.9 Å². The molecule has 1 aromatic carbocycles. The van der Waals surface area contributed by atoms with Gasteiger partial charge in [-0.15, -0.1) is 0 Å². The number of fused-ring (bicyclic) bond motifs is 1. The molecule has 19 heavy (non-hydrogen) atoms. The molecule has 1 aromatic rings. The summed E-state index contributed by atoms with van der Waals surface area (Å²) < 4.78 is 10.8. The number of rotatable bonds is 4. The lowest BCUT2D eigenvalue weighted by molar-refractivity contribution is -0.131. The van der Waals surface area contributed by atoms with Crippen molar-refractivity contribution in [1.82, 2.24) is 5.32 Å². The van der Waals surface area contributed by atoms with Gasteiger partial charge in [-0.05, 0) is 31.0 Å². The van der Waals surface area contributed by atoms with Crippen LogP contribution in [0.5, 0.6) is 11.5 Å². The van der Waals surface area contributed by atoms with Gasteiger partial charge in [0.05, 0.1) is 13.7 Å². The number of carbonyl (C=O) groups is 1. The van der Waals surface area contributed by atoms with Crippen LogP contribution in [0.2, 0.25) is 0 Å². The van der Waals surface area contributed by atoms with Crippen molar-refractivity contribution in [2.45, 2.75) is 13.3 Å². The first-order valence-electron chi connectivity index (χ1n) is 6.18. The van der Waals surface area contributed by atoms with Crippen LogP contribution in [-0.4, -0.2) is 31.3 Å². The monoisotopic (exact) mass is 263 g/mol. The van der Waals surface area contributed by atoms with Crippen molar-refractivity contribution in [3.8, 4) is 11.5 Å². The molecule has 0 bridgehead atoms. The van der Waals surface area contributed by atoms with Crippen molar-refractivity contribution in [2.24, 2.45) is 0 Å². The fraction of sp³-hybridized carbons (Fsp3) is 0.357. The van der Waals surface area contributed by atoms with E-state index in [9.17, 15) is 4.79 Å². The maximum Gasteiger partial charge on any atom is 0.330 e. The number of nitrogens with one attached hydrogen (secondary N) is 1. The van der Waals surface area contributed by atoms with Crippen LogP contribution in [0, 0.1) is 0 Å². The van der Waals surface area contributed by atoms with Crippen LogP contribution in [0.15, 0.2) is 18.2 Å². The van der Waals surface area contributed by atoms with Crippen LogP contribution in [0.25, 0.3) is 5.70 Å². The molecule has 0 saturated carbocycles. The van der Waals surface area contributed by atoms with Gasteiger partial charge in [0.25, 0.3) is 0 Å². The molecule has 0 aromatic heterocycles. The lowest BCUT2D eigenvalue weighted by Crippen LogP contribution is -2.23. The van der Waals surface area contributed by atoms with Crippen LogP contribution in [0.3, 0.4) is 0 Å². The summed E-state index contributed by atoms with van der Waals surface area (Å²) in [5, 5.41) is 12.0. The molecule has 0 unspecified atom stereocenters. The van der Waals surface area contributed by atoms with Gasteiger partial charge in [-0.25, -0.2) is 4.79 Å². The number of carboxylic acid groups (broad SMARTS) is 1. The topological polar surface area (TPSA) is 67.8 Å². The quantitative estimate of drug-likeness (QED) is 0.809. The number of hydrogen-bond acceptors (Lipinski definition) is 4. The zero-order valence-electron chi connectivity index (χ0n) is 11.0. The average molecular weight is 263 g/mol. The first-order valence-corrected chi connectivity index (χ1v) is 6.18. The number of methoxy groups -OCH3 is 1. The third kappa shape index (κ3) is 2.81. The van der Waals surface area contributed by atoms with E-state index in [1.807, 2.05) is 19.1 Å². The van der Waals surface area contributed by atoms with Crippen molar-refractivity contribution in [3.63, 3.8) is 0 Å². The first kappa shape index (κ1) is 13.3. The molecule has 5 nitrogen and oxygen atoms in total. The summed E-state index contributed by atoms with van der Waals surface area (Å²) in [5.41, 5.74) is 2.53. The van der Waals surface area contributed by atoms with Crippen LogP contribution >= 0.6 is 0 Å². The summed E-state index contributed by atoms with van der Waals surface area (Å²) in [4.78, 5) is 10.8. The summed E-state index contributed by atoms with van der Waals surface area (Å²) in [5.74, 6) is 0.338.